The number of hydrogen-bond donors (Lipinski definition) is 1. The van der Waals surface area contributed by atoms with Gasteiger partial charge in [0.1, 0.15) is 0 Å². The molecule has 0 aliphatic rings. The van der Waals surface area contributed by atoms with Crippen molar-refractivity contribution in [3.63, 3.8) is 0 Å². The molecule has 3 aromatic rings. The topological polar surface area (TPSA) is 107 Å². The highest BCUT2D eigenvalue weighted by molar-refractivity contribution is 7.17. The lowest BCUT2D eigenvalue weighted by Crippen LogP contribution is -1.95. The van der Waals surface area contributed by atoms with E-state index in [0.29, 0.717) is 21.9 Å². The molecule has 0 aliphatic heterocycles. The number of nitro benzene ring substituents is 1. The van der Waals surface area contributed by atoms with Crippen molar-refractivity contribution in [3.05, 3.63) is 75.6 Å². The average Bonchev–Trinajstić information content (AvgIpc) is 3.22. The van der Waals surface area contributed by atoms with Crippen LogP contribution in [0.15, 0.2) is 55.0 Å². The summed E-state index contributed by atoms with van der Waals surface area (Å²) in [5.41, 5.74) is 1.52. The first-order valence-electron chi connectivity index (χ1n) is 8.45. The van der Waals surface area contributed by atoms with Crippen molar-refractivity contribution in [1.29, 1.82) is 0 Å². The SMILES string of the molecule is COc1ccc(-c2nc3sc(C)cn3c2/C=C/C(=O)/C=C/C=C\O)cc1[N+](=O)[O-]. The zero-order chi connectivity index (χ0) is 21.0. The van der Waals surface area contributed by atoms with Gasteiger partial charge in [-0.1, -0.05) is 6.08 Å². The highest BCUT2D eigenvalue weighted by Crippen LogP contribution is 2.35. The van der Waals surface area contributed by atoms with Crippen LogP contribution in [0.2, 0.25) is 0 Å². The van der Waals surface area contributed by atoms with E-state index in [1.165, 1.54) is 54.9 Å². The Morgan fingerprint density at radius 1 is 1.34 bits per heavy atom. The van der Waals surface area contributed by atoms with Crippen LogP contribution in [-0.4, -0.2) is 32.3 Å². The van der Waals surface area contributed by atoms with E-state index >= 15 is 0 Å². The van der Waals surface area contributed by atoms with E-state index in [4.69, 9.17) is 9.84 Å². The molecule has 0 saturated heterocycles. The van der Waals surface area contributed by atoms with Crippen molar-refractivity contribution in [2.45, 2.75) is 6.92 Å². The van der Waals surface area contributed by atoms with Crippen LogP contribution in [0, 0.1) is 17.0 Å². The van der Waals surface area contributed by atoms with E-state index in [1.807, 2.05) is 17.5 Å². The van der Waals surface area contributed by atoms with Crippen molar-refractivity contribution in [2.24, 2.45) is 0 Å². The number of ether oxygens (including phenoxy) is 1. The summed E-state index contributed by atoms with van der Waals surface area (Å²) in [5, 5.41) is 20.0. The number of rotatable bonds is 7. The molecule has 29 heavy (non-hydrogen) atoms. The second-order valence-corrected chi connectivity index (χ2v) is 7.13. The average molecular weight is 411 g/mol. The normalized spacial score (nSPS) is 11.9. The second kappa shape index (κ2) is 8.53. The lowest BCUT2D eigenvalue weighted by molar-refractivity contribution is -0.385. The van der Waals surface area contributed by atoms with Crippen LogP contribution in [0.5, 0.6) is 5.75 Å². The molecule has 8 nitrogen and oxygen atoms in total. The fourth-order valence-corrected chi connectivity index (χ4v) is 3.57. The Kier molecular flexibility index (Phi) is 5.89. The quantitative estimate of drug-likeness (QED) is 0.202. The number of aryl methyl sites for hydroxylation is 1. The van der Waals surface area contributed by atoms with Crippen LogP contribution in [0.1, 0.15) is 10.6 Å². The van der Waals surface area contributed by atoms with Crippen LogP contribution >= 0.6 is 11.3 Å². The lowest BCUT2D eigenvalue weighted by Gasteiger charge is -2.04. The summed E-state index contributed by atoms with van der Waals surface area (Å²) in [7, 11) is 1.37. The second-order valence-electron chi connectivity index (χ2n) is 5.92. The summed E-state index contributed by atoms with van der Waals surface area (Å²) < 4.78 is 6.90. The number of aromatic nitrogens is 2. The smallest absolute Gasteiger partial charge is 0.311 e. The van der Waals surface area contributed by atoms with Gasteiger partial charge < -0.3 is 9.84 Å². The molecule has 0 radical (unpaired) electrons. The molecule has 0 saturated carbocycles. The van der Waals surface area contributed by atoms with E-state index in [0.717, 1.165) is 11.1 Å². The van der Waals surface area contributed by atoms with Gasteiger partial charge >= 0.3 is 5.69 Å². The van der Waals surface area contributed by atoms with Gasteiger partial charge in [0.2, 0.25) is 0 Å². The molecule has 2 aromatic heterocycles. The first-order valence-corrected chi connectivity index (χ1v) is 9.27. The third-order valence-corrected chi connectivity index (χ3v) is 4.89. The van der Waals surface area contributed by atoms with Crippen LogP contribution in [-0.2, 0) is 4.79 Å². The summed E-state index contributed by atoms with van der Waals surface area (Å²) in [6.07, 6.45) is 9.76. The Hall–Kier alpha value is -3.72. The molecule has 0 unspecified atom stereocenters. The Bertz CT molecular complexity index is 1170. The number of ketones is 1. The molecule has 0 aliphatic carbocycles. The first kappa shape index (κ1) is 20.0. The van der Waals surface area contributed by atoms with Gasteiger partial charge in [-0.15, -0.1) is 11.3 Å². The monoisotopic (exact) mass is 411 g/mol. The molecule has 0 fully saturated rings. The molecule has 0 amide bonds. The Labute approximate surface area is 169 Å². The van der Waals surface area contributed by atoms with Crippen LogP contribution in [0.4, 0.5) is 5.69 Å². The number of carbonyl (C=O) groups is 1. The number of methoxy groups -OCH3 is 1. The number of aliphatic hydroxyl groups excluding tert-OH is 1. The van der Waals surface area contributed by atoms with Gasteiger partial charge in [0, 0.05) is 22.7 Å². The number of allylic oxidation sites excluding steroid dienone is 4. The van der Waals surface area contributed by atoms with Crippen molar-refractivity contribution in [1.82, 2.24) is 9.38 Å². The molecule has 3 rings (SSSR count). The predicted octanol–water partition coefficient (Wildman–Crippen LogP) is 4.50. The van der Waals surface area contributed by atoms with Crippen LogP contribution in [0.3, 0.4) is 0 Å². The maximum atomic E-state index is 12.0. The number of aliphatic hydroxyl groups is 1. The number of carbonyl (C=O) groups excluding carboxylic acids is 1. The number of fused-ring (bicyclic) bond motifs is 1. The molecule has 148 valence electrons. The molecule has 1 aromatic carbocycles. The minimum atomic E-state index is -0.511. The Morgan fingerprint density at radius 2 is 2.14 bits per heavy atom. The minimum absolute atomic E-state index is 0.157. The fraction of sp³-hybridized carbons (Fsp3) is 0.100. The Morgan fingerprint density at radius 3 is 2.83 bits per heavy atom. The lowest BCUT2D eigenvalue weighted by atomic mass is 10.1. The molecular weight excluding hydrogens is 394 g/mol. The molecule has 9 heteroatoms. The number of benzene rings is 1. The highest BCUT2D eigenvalue weighted by Gasteiger charge is 2.20. The van der Waals surface area contributed by atoms with Gasteiger partial charge in [0.25, 0.3) is 0 Å². The number of nitrogens with zero attached hydrogens (tertiary/aromatic N) is 3. The number of thiazole rings is 1. The third-order valence-electron chi connectivity index (χ3n) is 3.99. The van der Waals surface area contributed by atoms with E-state index in [2.05, 4.69) is 4.98 Å². The van der Waals surface area contributed by atoms with Crippen molar-refractivity contribution in [2.75, 3.05) is 7.11 Å². The summed E-state index contributed by atoms with van der Waals surface area (Å²) in [6, 6.07) is 4.62. The summed E-state index contributed by atoms with van der Waals surface area (Å²) >= 11 is 1.47. The third kappa shape index (κ3) is 4.25. The summed E-state index contributed by atoms with van der Waals surface area (Å²) in [6.45, 7) is 1.94. The predicted molar refractivity (Wildman–Crippen MR) is 111 cm³/mol. The largest absolute Gasteiger partial charge is 0.516 e. The van der Waals surface area contributed by atoms with Crippen LogP contribution in [0.25, 0.3) is 22.3 Å². The van der Waals surface area contributed by atoms with Crippen molar-refractivity contribution < 1.29 is 19.6 Å². The van der Waals surface area contributed by atoms with E-state index in [9.17, 15) is 14.9 Å². The maximum absolute atomic E-state index is 12.0. The van der Waals surface area contributed by atoms with Gasteiger partial charge in [-0.3, -0.25) is 19.3 Å². The minimum Gasteiger partial charge on any atom is -0.516 e. The standard InChI is InChI=1S/C20H17N3O5S/c1-13-12-22-16(8-7-15(25)5-3-4-10-24)19(21-20(22)29-13)14-6-9-18(28-2)17(11-14)23(26)27/h3-12,24H,1-2H3/b5-3+,8-7+,10-4-. The van der Waals surface area contributed by atoms with Gasteiger partial charge in [0.15, 0.2) is 16.5 Å². The Balaban J connectivity index is 2.10. The van der Waals surface area contributed by atoms with Gasteiger partial charge in [-0.2, -0.15) is 0 Å². The van der Waals surface area contributed by atoms with E-state index in [1.54, 1.807) is 12.1 Å². The summed E-state index contributed by atoms with van der Waals surface area (Å²) in [5.74, 6) is -0.123. The first-order chi connectivity index (χ1) is 13.9. The molecular formula is C20H17N3O5S. The van der Waals surface area contributed by atoms with Crippen molar-refractivity contribution in [3.8, 4) is 17.0 Å². The number of hydrogen-bond acceptors (Lipinski definition) is 7. The van der Waals surface area contributed by atoms with Gasteiger partial charge in [-0.05, 0) is 43.4 Å². The molecule has 1 N–H and O–H groups in total. The number of imidazole rings is 1. The zero-order valence-corrected chi connectivity index (χ0v) is 16.4. The van der Waals surface area contributed by atoms with E-state index in [-0.39, 0.29) is 17.2 Å². The maximum Gasteiger partial charge on any atom is 0.311 e. The molecule has 0 spiro atoms. The van der Waals surface area contributed by atoms with Crippen LogP contribution < -0.4 is 4.74 Å². The van der Waals surface area contributed by atoms with E-state index < -0.39 is 4.92 Å². The van der Waals surface area contributed by atoms with Crippen molar-refractivity contribution >= 4 is 33.8 Å². The molecule has 0 atom stereocenters. The zero-order valence-electron chi connectivity index (χ0n) is 15.6. The van der Waals surface area contributed by atoms with Gasteiger partial charge in [0.05, 0.1) is 29.7 Å². The molecule has 2 heterocycles. The van der Waals surface area contributed by atoms with Gasteiger partial charge in [-0.25, -0.2) is 4.98 Å². The highest BCUT2D eigenvalue weighted by atomic mass is 32.1. The summed E-state index contributed by atoms with van der Waals surface area (Å²) in [4.78, 5) is 29.2. The fourth-order valence-electron chi connectivity index (χ4n) is 2.74. The molecule has 0 bridgehead atoms. The number of nitro groups is 1.